The molecular weight excluding hydrogens is 334 g/mol. The third-order valence-electron chi connectivity index (χ3n) is 3.31. The van der Waals surface area contributed by atoms with E-state index in [1.807, 2.05) is 0 Å². The number of rotatable bonds is 5. The zero-order valence-corrected chi connectivity index (χ0v) is 14.1. The first kappa shape index (κ1) is 16.7. The van der Waals surface area contributed by atoms with E-state index in [0.717, 1.165) is 30.4 Å². The monoisotopic (exact) mass is 353 g/mol. The van der Waals surface area contributed by atoms with E-state index in [4.69, 9.17) is 5.73 Å². The van der Waals surface area contributed by atoms with Crippen LogP contribution in [0.1, 0.15) is 19.3 Å². The van der Waals surface area contributed by atoms with Crippen LogP contribution in [0.3, 0.4) is 0 Å². The maximum Gasteiger partial charge on any atom is 0.252 e. The Morgan fingerprint density at radius 1 is 1.38 bits per heavy atom. The van der Waals surface area contributed by atoms with Crippen molar-refractivity contribution in [3.8, 4) is 0 Å². The van der Waals surface area contributed by atoms with Crippen molar-refractivity contribution in [3.63, 3.8) is 0 Å². The summed E-state index contributed by atoms with van der Waals surface area (Å²) in [7, 11) is -6.96. The summed E-state index contributed by atoms with van der Waals surface area (Å²) in [6.07, 6.45) is 3.36. The van der Waals surface area contributed by atoms with Crippen LogP contribution >= 0.6 is 11.3 Å². The molecule has 0 spiro atoms. The summed E-state index contributed by atoms with van der Waals surface area (Å²) in [5.74, 6) is 0. The molecule has 1 unspecified atom stereocenters. The van der Waals surface area contributed by atoms with Crippen LogP contribution in [0.5, 0.6) is 0 Å². The maximum atomic E-state index is 12.6. The summed E-state index contributed by atoms with van der Waals surface area (Å²) in [4.78, 5) is 0. The van der Waals surface area contributed by atoms with Gasteiger partial charge in [-0.2, -0.15) is 4.31 Å². The number of hydrogen-bond acceptors (Lipinski definition) is 6. The first-order valence-corrected chi connectivity index (χ1v) is 10.7. The molecule has 0 radical (unpaired) electrons. The van der Waals surface area contributed by atoms with Gasteiger partial charge in [0.05, 0.1) is 6.26 Å². The fourth-order valence-corrected chi connectivity index (χ4v) is 5.72. The Morgan fingerprint density at radius 3 is 2.67 bits per heavy atom. The van der Waals surface area contributed by atoms with Crippen molar-refractivity contribution in [2.45, 2.75) is 29.5 Å². The van der Waals surface area contributed by atoms with E-state index in [9.17, 15) is 16.8 Å². The SMILES string of the molecule is CS(=O)(=O)NCC1CCCCN1S(=O)(=O)c1cc(N)cs1. The van der Waals surface area contributed by atoms with Crippen LogP contribution in [0.15, 0.2) is 15.7 Å². The zero-order valence-electron chi connectivity index (χ0n) is 11.6. The molecule has 10 heteroatoms. The molecule has 0 aromatic carbocycles. The minimum absolute atomic E-state index is 0.0962. The summed E-state index contributed by atoms with van der Waals surface area (Å²) in [5.41, 5.74) is 6.01. The van der Waals surface area contributed by atoms with E-state index >= 15 is 0 Å². The van der Waals surface area contributed by atoms with Gasteiger partial charge in [-0.3, -0.25) is 0 Å². The fraction of sp³-hybridized carbons (Fsp3) is 0.636. The Bertz CT molecular complexity index is 696. The molecule has 21 heavy (non-hydrogen) atoms. The molecule has 1 aliphatic heterocycles. The lowest BCUT2D eigenvalue weighted by atomic mass is 10.1. The topological polar surface area (TPSA) is 110 Å². The Balaban J connectivity index is 2.22. The van der Waals surface area contributed by atoms with Crippen molar-refractivity contribution >= 4 is 37.1 Å². The van der Waals surface area contributed by atoms with Gasteiger partial charge in [-0.15, -0.1) is 11.3 Å². The normalized spacial score (nSPS) is 21.5. The minimum Gasteiger partial charge on any atom is -0.398 e. The molecule has 1 aromatic heterocycles. The summed E-state index contributed by atoms with van der Waals surface area (Å²) in [5, 5.41) is 1.58. The lowest BCUT2D eigenvalue weighted by molar-refractivity contribution is 0.253. The molecule has 7 nitrogen and oxygen atoms in total. The summed E-state index contributed by atoms with van der Waals surface area (Å²) in [6.45, 7) is 0.495. The van der Waals surface area contributed by atoms with E-state index < -0.39 is 20.0 Å². The van der Waals surface area contributed by atoms with E-state index in [-0.39, 0.29) is 16.8 Å². The first-order valence-electron chi connectivity index (χ1n) is 6.50. The second-order valence-electron chi connectivity index (χ2n) is 5.09. The van der Waals surface area contributed by atoms with Crippen LogP contribution in [0.2, 0.25) is 0 Å². The third kappa shape index (κ3) is 4.16. The van der Waals surface area contributed by atoms with Gasteiger partial charge in [-0.25, -0.2) is 21.6 Å². The molecule has 1 aliphatic rings. The first-order chi connectivity index (χ1) is 9.70. The van der Waals surface area contributed by atoms with Gasteiger partial charge < -0.3 is 5.73 Å². The van der Waals surface area contributed by atoms with Gasteiger partial charge in [-0.1, -0.05) is 6.42 Å². The van der Waals surface area contributed by atoms with Gasteiger partial charge in [0.15, 0.2) is 0 Å². The summed E-state index contributed by atoms with van der Waals surface area (Å²) < 4.78 is 51.7. The molecule has 120 valence electrons. The number of nitrogens with two attached hydrogens (primary N) is 1. The second kappa shape index (κ2) is 6.21. The van der Waals surface area contributed by atoms with E-state index in [1.54, 1.807) is 5.38 Å². The molecule has 2 rings (SSSR count). The highest BCUT2D eigenvalue weighted by Crippen LogP contribution is 2.29. The van der Waals surface area contributed by atoms with E-state index in [1.165, 1.54) is 10.4 Å². The predicted octanol–water partition coefficient (Wildman–Crippen LogP) is 0.423. The summed E-state index contributed by atoms with van der Waals surface area (Å²) >= 11 is 1.08. The van der Waals surface area contributed by atoms with Crippen LogP contribution in [0.25, 0.3) is 0 Å². The Labute approximate surface area is 129 Å². The largest absolute Gasteiger partial charge is 0.398 e. The van der Waals surface area contributed by atoms with Gasteiger partial charge in [0.1, 0.15) is 4.21 Å². The van der Waals surface area contributed by atoms with Gasteiger partial charge in [0.25, 0.3) is 10.0 Å². The van der Waals surface area contributed by atoms with Crippen LogP contribution in [0, 0.1) is 0 Å². The Morgan fingerprint density at radius 2 is 2.10 bits per heavy atom. The summed E-state index contributed by atoms with van der Waals surface area (Å²) in [6, 6.07) is 1.08. The smallest absolute Gasteiger partial charge is 0.252 e. The standard InChI is InChI=1S/C11H19N3O4S3/c1-20(15,16)13-7-10-4-2-3-5-14(10)21(17,18)11-6-9(12)8-19-11/h6,8,10,13H,2-5,7,12H2,1H3. The average molecular weight is 353 g/mol. The minimum atomic E-state index is -3.62. The van der Waals surface area contributed by atoms with Crippen LogP contribution < -0.4 is 10.5 Å². The number of thiophene rings is 1. The Kier molecular flexibility index (Phi) is 4.93. The van der Waals surface area contributed by atoms with Crippen LogP contribution in [0.4, 0.5) is 5.69 Å². The average Bonchev–Trinajstić information content (AvgIpc) is 2.83. The molecule has 1 aromatic rings. The molecular formula is C11H19N3O4S3. The number of nitrogen functional groups attached to an aromatic ring is 1. The van der Waals surface area contributed by atoms with Crippen molar-refractivity contribution in [2.75, 3.05) is 25.1 Å². The van der Waals surface area contributed by atoms with Gasteiger partial charge in [0, 0.05) is 30.2 Å². The second-order valence-corrected chi connectivity index (χ2v) is 9.95. The molecule has 0 bridgehead atoms. The highest BCUT2D eigenvalue weighted by Gasteiger charge is 2.34. The predicted molar refractivity (Wildman–Crippen MR) is 83.1 cm³/mol. The molecule has 0 amide bonds. The number of anilines is 1. The van der Waals surface area contributed by atoms with Crippen molar-refractivity contribution < 1.29 is 16.8 Å². The van der Waals surface area contributed by atoms with E-state index in [0.29, 0.717) is 18.7 Å². The van der Waals surface area contributed by atoms with Crippen molar-refractivity contribution in [1.82, 2.24) is 9.03 Å². The molecule has 1 saturated heterocycles. The number of piperidine rings is 1. The lowest BCUT2D eigenvalue weighted by Crippen LogP contribution is -2.48. The van der Waals surface area contributed by atoms with Crippen molar-refractivity contribution in [2.24, 2.45) is 0 Å². The molecule has 1 fully saturated rings. The molecule has 1 atom stereocenters. The number of sulfonamides is 2. The lowest BCUT2D eigenvalue weighted by Gasteiger charge is -2.34. The molecule has 2 heterocycles. The fourth-order valence-electron chi connectivity index (χ4n) is 2.32. The van der Waals surface area contributed by atoms with Crippen molar-refractivity contribution in [3.05, 3.63) is 11.4 Å². The Hall–Kier alpha value is -0.680. The number of nitrogens with zero attached hydrogens (tertiary/aromatic N) is 1. The third-order valence-corrected chi connectivity index (χ3v) is 7.39. The number of hydrogen-bond donors (Lipinski definition) is 2. The van der Waals surface area contributed by atoms with Gasteiger partial charge in [-0.05, 0) is 18.9 Å². The molecule has 0 saturated carbocycles. The zero-order chi connectivity index (χ0) is 15.7. The highest BCUT2D eigenvalue weighted by atomic mass is 32.2. The number of nitrogens with one attached hydrogen (secondary N) is 1. The van der Waals surface area contributed by atoms with Gasteiger partial charge >= 0.3 is 0 Å². The molecule has 3 N–H and O–H groups in total. The van der Waals surface area contributed by atoms with Crippen LogP contribution in [-0.4, -0.2) is 46.5 Å². The molecule has 0 aliphatic carbocycles. The maximum absolute atomic E-state index is 12.6. The van der Waals surface area contributed by atoms with Gasteiger partial charge in [0.2, 0.25) is 10.0 Å². The van der Waals surface area contributed by atoms with Crippen LogP contribution in [-0.2, 0) is 20.0 Å². The highest BCUT2D eigenvalue weighted by molar-refractivity contribution is 7.91. The quantitative estimate of drug-likeness (QED) is 0.797. The van der Waals surface area contributed by atoms with E-state index in [2.05, 4.69) is 4.72 Å². The van der Waals surface area contributed by atoms with Crippen molar-refractivity contribution in [1.29, 1.82) is 0 Å².